The van der Waals surface area contributed by atoms with Gasteiger partial charge in [0.25, 0.3) is 0 Å². The smallest absolute Gasteiger partial charge is 0.401 e. The van der Waals surface area contributed by atoms with E-state index in [-0.39, 0.29) is 70.0 Å². The zero-order valence-electron chi connectivity index (χ0n) is 23.4. The number of carbonyl (C=O) groups is 1. The fourth-order valence-electron chi connectivity index (χ4n) is 5.62. The van der Waals surface area contributed by atoms with Crippen molar-refractivity contribution in [2.75, 3.05) is 38.1 Å². The van der Waals surface area contributed by atoms with Crippen LogP contribution < -0.4 is 15.3 Å². The van der Waals surface area contributed by atoms with Gasteiger partial charge in [0.2, 0.25) is 5.91 Å². The summed E-state index contributed by atoms with van der Waals surface area (Å²) in [6.45, 7) is 6.22. The molecule has 2 aliphatic rings. The molecule has 2 aliphatic heterocycles. The number of amides is 1. The van der Waals surface area contributed by atoms with E-state index in [4.69, 9.17) is 16.3 Å². The summed E-state index contributed by atoms with van der Waals surface area (Å²) in [6, 6.07) is 3.76. The van der Waals surface area contributed by atoms with Gasteiger partial charge in [0, 0.05) is 54.3 Å². The Balaban J connectivity index is 1.73. The number of anilines is 1. The minimum atomic E-state index is -4.49. The molecule has 0 saturated carbocycles. The number of hydrogen-bond donors (Lipinski definition) is 0. The first-order valence-electron chi connectivity index (χ1n) is 13.3. The molecular weight excluding hydrogens is 597 g/mol. The fourth-order valence-corrected chi connectivity index (χ4v) is 5.92. The quantitative estimate of drug-likeness (QED) is 0.275. The molecular formula is C29H27ClF5N5O3. The van der Waals surface area contributed by atoms with Crippen LogP contribution in [0.2, 0.25) is 5.02 Å². The topological polar surface area (TPSA) is 70.9 Å². The van der Waals surface area contributed by atoms with Crippen LogP contribution >= 0.6 is 11.6 Å². The first kappa shape index (κ1) is 30.5. The Labute approximate surface area is 248 Å². The van der Waals surface area contributed by atoms with E-state index in [1.165, 1.54) is 25.3 Å². The van der Waals surface area contributed by atoms with E-state index in [2.05, 4.69) is 11.6 Å². The molecule has 1 saturated heterocycles. The van der Waals surface area contributed by atoms with Crippen molar-refractivity contribution < 1.29 is 31.5 Å². The third-order valence-electron chi connectivity index (χ3n) is 7.46. The van der Waals surface area contributed by atoms with Crippen LogP contribution in [0.25, 0.3) is 27.7 Å². The van der Waals surface area contributed by atoms with Crippen LogP contribution in [0.3, 0.4) is 0 Å². The van der Waals surface area contributed by atoms with E-state index in [1.54, 1.807) is 4.90 Å². The number of piperazine rings is 1. The van der Waals surface area contributed by atoms with E-state index in [1.807, 2.05) is 18.7 Å². The SMILES string of the molecule is C=CC(=O)N1C[C@H](C)N(c2nc(=O)n3c4c(c(-c5ccc(F)cc5F)c(Cl)cc24)OC=C3CN(C)CC(F)(F)F)C[C@H]1C. The summed E-state index contributed by atoms with van der Waals surface area (Å²) >= 11 is 6.71. The third-order valence-corrected chi connectivity index (χ3v) is 7.76. The Kier molecular flexibility index (Phi) is 7.99. The Morgan fingerprint density at radius 1 is 1.21 bits per heavy atom. The molecule has 0 spiro atoms. The molecule has 3 heterocycles. The molecule has 0 unspecified atom stereocenters. The molecule has 3 aromatic rings. The molecule has 228 valence electrons. The number of halogens is 6. The normalized spacial score (nSPS) is 18.6. The summed E-state index contributed by atoms with van der Waals surface area (Å²) in [4.78, 5) is 34.9. The van der Waals surface area contributed by atoms with Gasteiger partial charge in [-0.2, -0.15) is 18.2 Å². The fraction of sp³-hybridized carbons (Fsp3) is 0.345. The molecule has 0 bridgehead atoms. The Morgan fingerprint density at radius 3 is 2.58 bits per heavy atom. The maximum Gasteiger partial charge on any atom is 0.401 e. The minimum Gasteiger partial charge on any atom is -0.460 e. The lowest BCUT2D eigenvalue weighted by Crippen LogP contribution is -2.58. The maximum absolute atomic E-state index is 15.0. The molecule has 8 nitrogen and oxygen atoms in total. The monoisotopic (exact) mass is 623 g/mol. The van der Waals surface area contributed by atoms with Crippen molar-refractivity contribution in [3.05, 3.63) is 70.3 Å². The number of rotatable bonds is 6. The highest BCUT2D eigenvalue weighted by molar-refractivity contribution is 6.35. The number of aromatic nitrogens is 2. The lowest BCUT2D eigenvalue weighted by molar-refractivity contribution is -0.141. The summed E-state index contributed by atoms with van der Waals surface area (Å²) in [5.74, 6) is -1.83. The molecule has 43 heavy (non-hydrogen) atoms. The maximum atomic E-state index is 15.0. The average molecular weight is 624 g/mol. The van der Waals surface area contributed by atoms with Crippen molar-refractivity contribution in [1.82, 2.24) is 19.4 Å². The zero-order valence-corrected chi connectivity index (χ0v) is 24.1. The van der Waals surface area contributed by atoms with Gasteiger partial charge in [0.15, 0.2) is 5.75 Å². The summed E-state index contributed by atoms with van der Waals surface area (Å²) in [5.41, 5.74) is -0.718. The van der Waals surface area contributed by atoms with Crippen LogP contribution in [0.4, 0.5) is 27.8 Å². The second-order valence-electron chi connectivity index (χ2n) is 10.7. The van der Waals surface area contributed by atoms with Crippen molar-refractivity contribution in [1.29, 1.82) is 0 Å². The molecule has 1 amide bonds. The van der Waals surface area contributed by atoms with Gasteiger partial charge in [-0.05, 0) is 45.2 Å². The van der Waals surface area contributed by atoms with Crippen LogP contribution in [0.15, 0.2) is 48.0 Å². The predicted octanol–water partition coefficient (Wildman–Crippen LogP) is 5.29. The van der Waals surface area contributed by atoms with E-state index in [0.29, 0.717) is 18.0 Å². The molecule has 0 N–H and O–H groups in total. The Hall–Kier alpha value is -3.97. The molecule has 0 radical (unpaired) electrons. The number of hydrogen-bond acceptors (Lipinski definition) is 6. The van der Waals surface area contributed by atoms with Gasteiger partial charge in [0.05, 0.1) is 17.3 Å². The Bertz CT molecular complexity index is 1720. The van der Waals surface area contributed by atoms with Gasteiger partial charge in [-0.25, -0.2) is 13.6 Å². The second kappa shape index (κ2) is 11.3. The first-order valence-corrected chi connectivity index (χ1v) is 13.6. The molecule has 1 fully saturated rings. The van der Waals surface area contributed by atoms with Crippen molar-refractivity contribution in [2.45, 2.75) is 32.1 Å². The van der Waals surface area contributed by atoms with E-state index in [9.17, 15) is 27.2 Å². The Morgan fingerprint density at radius 2 is 1.93 bits per heavy atom. The third kappa shape index (κ3) is 5.70. The van der Waals surface area contributed by atoms with Crippen LogP contribution in [-0.4, -0.2) is 76.7 Å². The molecule has 14 heteroatoms. The number of benzene rings is 2. The molecule has 2 aromatic carbocycles. The van der Waals surface area contributed by atoms with Crippen LogP contribution in [0, 0.1) is 11.6 Å². The number of alkyl halides is 3. The van der Waals surface area contributed by atoms with Crippen molar-refractivity contribution >= 4 is 39.9 Å². The van der Waals surface area contributed by atoms with E-state index >= 15 is 4.39 Å². The standard InChI is InChI=1S/C29H27ClF5N5O3/c1-5-23(41)38-10-16(3)39(11-15(38)2)27-20-9-21(30)24(19-7-6-17(31)8-22(19)32)26-25(20)40(28(42)36-27)18(13-43-26)12-37(4)14-29(33,34)35/h5-9,13,15-16H,1,10-12,14H2,2-4H3/t15-,16+/m1/s1. The lowest BCUT2D eigenvalue weighted by Gasteiger charge is -2.44. The van der Waals surface area contributed by atoms with Gasteiger partial charge in [-0.1, -0.05) is 18.2 Å². The highest BCUT2D eigenvalue weighted by atomic mass is 35.5. The highest BCUT2D eigenvalue weighted by Gasteiger charge is 2.36. The highest BCUT2D eigenvalue weighted by Crippen LogP contribution is 2.47. The number of carbonyl (C=O) groups excluding carboxylic acids is 1. The van der Waals surface area contributed by atoms with Gasteiger partial charge < -0.3 is 14.5 Å². The molecule has 1 aromatic heterocycles. The van der Waals surface area contributed by atoms with Crippen molar-refractivity contribution in [3.8, 4) is 16.9 Å². The van der Waals surface area contributed by atoms with E-state index < -0.39 is 30.0 Å². The van der Waals surface area contributed by atoms with Crippen LogP contribution in [0.1, 0.15) is 13.8 Å². The molecule has 2 atom stereocenters. The number of nitrogens with zero attached hydrogens (tertiary/aromatic N) is 5. The van der Waals surface area contributed by atoms with Gasteiger partial charge >= 0.3 is 11.9 Å². The summed E-state index contributed by atoms with van der Waals surface area (Å²) in [5, 5.41) is 0.325. The number of likely N-dealkylation sites (N-methyl/N-ethyl adjacent to an activating group) is 1. The molecule has 5 rings (SSSR count). The zero-order chi connectivity index (χ0) is 31.4. The largest absolute Gasteiger partial charge is 0.460 e. The van der Waals surface area contributed by atoms with Gasteiger partial charge in [-0.3, -0.25) is 14.3 Å². The minimum absolute atomic E-state index is 0.00784. The summed E-state index contributed by atoms with van der Waals surface area (Å²) in [7, 11) is 1.24. The number of ether oxygens (including phenoxy) is 1. The first-order chi connectivity index (χ1) is 20.2. The van der Waals surface area contributed by atoms with Crippen LogP contribution in [0.5, 0.6) is 5.75 Å². The van der Waals surface area contributed by atoms with Crippen molar-refractivity contribution in [2.24, 2.45) is 0 Å². The summed E-state index contributed by atoms with van der Waals surface area (Å²) < 4.78 is 75.1. The van der Waals surface area contributed by atoms with Gasteiger partial charge in [-0.15, -0.1) is 0 Å². The summed E-state index contributed by atoms with van der Waals surface area (Å²) in [6.07, 6.45) is -2.17. The predicted molar refractivity (Wildman–Crippen MR) is 153 cm³/mol. The molecule has 0 aliphatic carbocycles. The van der Waals surface area contributed by atoms with Gasteiger partial charge in [0.1, 0.15) is 29.2 Å². The van der Waals surface area contributed by atoms with E-state index in [0.717, 1.165) is 21.8 Å². The lowest BCUT2D eigenvalue weighted by atomic mass is 9.99. The van der Waals surface area contributed by atoms with Crippen molar-refractivity contribution in [3.63, 3.8) is 0 Å². The van der Waals surface area contributed by atoms with Crippen LogP contribution in [-0.2, 0) is 4.79 Å². The average Bonchev–Trinajstić information content (AvgIpc) is 2.91. The second-order valence-corrected chi connectivity index (χ2v) is 11.1.